The summed E-state index contributed by atoms with van der Waals surface area (Å²) in [6, 6.07) is 9.61. The van der Waals surface area contributed by atoms with E-state index >= 15 is 0 Å². The summed E-state index contributed by atoms with van der Waals surface area (Å²) in [6.45, 7) is 1.32. The third kappa shape index (κ3) is 3.27. The number of hydrogen-bond acceptors (Lipinski definition) is 3. The van der Waals surface area contributed by atoms with Gasteiger partial charge in [-0.2, -0.15) is 0 Å². The van der Waals surface area contributed by atoms with Crippen LogP contribution in [0.1, 0.15) is 29.6 Å². The summed E-state index contributed by atoms with van der Waals surface area (Å²) in [6.07, 6.45) is 6.76. The molecule has 0 saturated heterocycles. The Bertz CT molecular complexity index is 605. The van der Waals surface area contributed by atoms with Gasteiger partial charge in [-0.3, -0.25) is 9.36 Å². The topological polar surface area (TPSA) is 40.5 Å². The van der Waals surface area contributed by atoms with Crippen LogP contribution in [0.15, 0.2) is 42.7 Å². The normalized spacial score (nSPS) is 13.3. The third-order valence-electron chi connectivity index (χ3n) is 3.60. The van der Waals surface area contributed by atoms with Gasteiger partial charge in [0.1, 0.15) is 11.5 Å². The maximum absolute atomic E-state index is 11.8. The van der Waals surface area contributed by atoms with Crippen molar-refractivity contribution < 1.29 is 14.3 Å². The zero-order valence-electron chi connectivity index (χ0n) is 12.0. The molecule has 0 aliphatic carbocycles. The van der Waals surface area contributed by atoms with E-state index in [1.54, 1.807) is 17.0 Å². The van der Waals surface area contributed by atoms with Crippen LogP contribution < -0.4 is 9.47 Å². The van der Waals surface area contributed by atoms with E-state index in [9.17, 15) is 4.79 Å². The standard InChI is InChI=1S/C17H19NO3/c19-17(18-10-1-2-11-18)9-5-13-21-16-8-3-7-15-14(16)6-4-12-20-15/h1-3,7-8,10-11H,4-6,9,12-13H2. The fraction of sp³-hybridized carbons (Fsp3) is 0.353. The summed E-state index contributed by atoms with van der Waals surface area (Å²) >= 11 is 0. The van der Waals surface area contributed by atoms with E-state index in [-0.39, 0.29) is 5.91 Å². The molecule has 1 aromatic heterocycles. The minimum Gasteiger partial charge on any atom is -0.493 e. The number of nitrogens with zero attached hydrogens (tertiary/aromatic N) is 1. The van der Waals surface area contributed by atoms with Gasteiger partial charge in [-0.1, -0.05) is 6.07 Å². The van der Waals surface area contributed by atoms with Gasteiger partial charge < -0.3 is 9.47 Å². The van der Waals surface area contributed by atoms with Crippen LogP contribution in [0.3, 0.4) is 0 Å². The Labute approximate surface area is 124 Å². The van der Waals surface area contributed by atoms with Gasteiger partial charge >= 0.3 is 0 Å². The number of fused-ring (bicyclic) bond motifs is 1. The Morgan fingerprint density at radius 3 is 2.95 bits per heavy atom. The van der Waals surface area contributed by atoms with Crippen LogP contribution in [-0.4, -0.2) is 23.7 Å². The molecule has 4 nitrogen and oxygen atoms in total. The van der Waals surface area contributed by atoms with E-state index in [1.165, 1.54) is 0 Å². The zero-order valence-corrected chi connectivity index (χ0v) is 12.0. The lowest BCUT2D eigenvalue weighted by Crippen LogP contribution is -2.12. The van der Waals surface area contributed by atoms with Gasteiger partial charge in [0, 0.05) is 24.4 Å². The van der Waals surface area contributed by atoms with Crippen LogP contribution >= 0.6 is 0 Å². The molecule has 0 N–H and O–H groups in total. The molecule has 3 rings (SSSR count). The Morgan fingerprint density at radius 1 is 1.24 bits per heavy atom. The minimum absolute atomic E-state index is 0.0991. The molecule has 1 aliphatic rings. The van der Waals surface area contributed by atoms with Crippen LogP contribution in [0.2, 0.25) is 0 Å². The molecule has 2 aromatic rings. The zero-order chi connectivity index (χ0) is 14.5. The molecule has 0 spiro atoms. The molecule has 110 valence electrons. The van der Waals surface area contributed by atoms with Gasteiger partial charge in [-0.15, -0.1) is 0 Å². The fourth-order valence-electron chi connectivity index (χ4n) is 2.53. The van der Waals surface area contributed by atoms with E-state index in [0.717, 1.165) is 36.5 Å². The lowest BCUT2D eigenvalue weighted by molar-refractivity contribution is 0.0893. The van der Waals surface area contributed by atoms with E-state index in [4.69, 9.17) is 9.47 Å². The van der Waals surface area contributed by atoms with Crippen molar-refractivity contribution in [2.75, 3.05) is 13.2 Å². The summed E-state index contributed by atoms with van der Waals surface area (Å²) in [7, 11) is 0. The predicted molar refractivity (Wildman–Crippen MR) is 80.0 cm³/mol. The maximum Gasteiger partial charge on any atom is 0.230 e. The summed E-state index contributed by atoms with van der Waals surface area (Å²) < 4.78 is 13.1. The van der Waals surface area contributed by atoms with Crippen LogP contribution in [0.25, 0.3) is 0 Å². The average molecular weight is 285 g/mol. The molecule has 0 bridgehead atoms. The summed E-state index contributed by atoms with van der Waals surface area (Å²) in [5, 5.41) is 0. The molecule has 1 aliphatic heterocycles. The second-order valence-electron chi connectivity index (χ2n) is 5.12. The largest absolute Gasteiger partial charge is 0.493 e. The second-order valence-corrected chi connectivity index (χ2v) is 5.12. The van der Waals surface area contributed by atoms with Crippen LogP contribution in [0.4, 0.5) is 0 Å². The molecule has 0 radical (unpaired) electrons. The summed E-state index contributed by atoms with van der Waals surface area (Å²) in [5.41, 5.74) is 1.15. The average Bonchev–Trinajstić information content (AvgIpc) is 3.06. The van der Waals surface area contributed by atoms with Crippen molar-refractivity contribution in [3.8, 4) is 11.5 Å². The fourth-order valence-corrected chi connectivity index (χ4v) is 2.53. The molecule has 0 unspecified atom stereocenters. The number of rotatable bonds is 5. The Morgan fingerprint density at radius 2 is 2.10 bits per heavy atom. The quantitative estimate of drug-likeness (QED) is 0.791. The molecule has 21 heavy (non-hydrogen) atoms. The molecule has 1 aromatic carbocycles. The molecule has 0 saturated carbocycles. The smallest absolute Gasteiger partial charge is 0.230 e. The van der Waals surface area contributed by atoms with E-state index in [2.05, 4.69) is 0 Å². The third-order valence-corrected chi connectivity index (χ3v) is 3.60. The number of benzene rings is 1. The highest BCUT2D eigenvalue weighted by atomic mass is 16.5. The molecule has 0 atom stereocenters. The van der Waals surface area contributed by atoms with Crippen LogP contribution in [0, 0.1) is 0 Å². The van der Waals surface area contributed by atoms with Crippen molar-refractivity contribution in [3.63, 3.8) is 0 Å². The first-order chi connectivity index (χ1) is 10.3. The van der Waals surface area contributed by atoms with Crippen molar-refractivity contribution in [1.82, 2.24) is 4.57 Å². The molecular formula is C17H19NO3. The first-order valence-electron chi connectivity index (χ1n) is 7.38. The van der Waals surface area contributed by atoms with Crippen LogP contribution in [-0.2, 0) is 6.42 Å². The van der Waals surface area contributed by atoms with E-state index in [0.29, 0.717) is 19.4 Å². The van der Waals surface area contributed by atoms with Crippen molar-refractivity contribution in [1.29, 1.82) is 0 Å². The maximum atomic E-state index is 11.8. The first-order valence-corrected chi connectivity index (χ1v) is 7.38. The van der Waals surface area contributed by atoms with Gasteiger partial charge in [0.05, 0.1) is 13.2 Å². The monoisotopic (exact) mass is 285 g/mol. The SMILES string of the molecule is O=C(CCCOc1cccc2c1CCCO2)n1cccc1. The molecule has 4 heteroatoms. The molecular weight excluding hydrogens is 266 g/mol. The number of aromatic nitrogens is 1. The minimum atomic E-state index is 0.0991. The Kier molecular flexibility index (Phi) is 4.24. The highest BCUT2D eigenvalue weighted by Crippen LogP contribution is 2.32. The highest BCUT2D eigenvalue weighted by molar-refractivity contribution is 5.78. The Hall–Kier alpha value is -2.23. The predicted octanol–water partition coefficient (Wildman–Crippen LogP) is 3.31. The summed E-state index contributed by atoms with van der Waals surface area (Å²) in [4.78, 5) is 11.8. The summed E-state index contributed by atoms with van der Waals surface area (Å²) in [5.74, 6) is 1.92. The molecule has 0 fully saturated rings. The van der Waals surface area contributed by atoms with E-state index in [1.807, 2.05) is 30.3 Å². The van der Waals surface area contributed by atoms with Gasteiger partial charge in [0.15, 0.2) is 0 Å². The number of carbonyl (C=O) groups excluding carboxylic acids is 1. The molecule has 2 heterocycles. The highest BCUT2D eigenvalue weighted by Gasteiger charge is 2.14. The number of hydrogen-bond donors (Lipinski definition) is 0. The van der Waals surface area contributed by atoms with Crippen molar-refractivity contribution in [2.24, 2.45) is 0 Å². The lowest BCUT2D eigenvalue weighted by atomic mass is 10.1. The second kappa shape index (κ2) is 6.48. The van der Waals surface area contributed by atoms with Crippen LogP contribution in [0.5, 0.6) is 11.5 Å². The Balaban J connectivity index is 1.51. The molecule has 0 amide bonds. The number of ether oxygens (including phenoxy) is 2. The van der Waals surface area contributed by atoms with Crippen molar-refractivity contribution in [3.05, 3.63) is 48.3 Å². The van der Waals surface area contributed by atoms with Crippen molar-refractivity contribution >= 4 is 5.91 Å². The van der Waals surface area contributed by atoms with Gasteiger partial charge in [-0.05, 0) is 43.5 Å². The van der Waals surface area contributed by atoms with Gasteiger partial charge in [0.2, 0.25) is 5.91 Å². The van der Waals surface area contributed by atoms with Crippen molar-refractivity contribution in [2.45, 2.75) is 25.7 Å². The lowest BCUT2D eigenvalue weighted by Gasteiger charge is -2.20. The number of carbonyl (C=O) groups is 1. The van der Waals surface area contributed by atoms with Gasteiger partial charge in [0.25, 0.3) is 0 Å². The van der Waals surface area contributed by atoms with Gasteiger partial charge in [-0.25, -0.2) is 0 Å². The first kappa shape index (κ1) is 13.7. The van der Waals surface area contributed by atoms with E-state index < -0.39 is 0 Å².